The van der Waals surface area contributed by atoms with E-state index in [1.165, 1.54) is 0 Å². The average molecular weight is 265 g/mol. The maximum absolute atomic E-state index is 5.61. The minimum atomic E-state index is -0.263. The summed E-state index contributed by atoms with van der Waals surface area (Å²) in [5.74, 6) is 0.869. The molecule has 0 spiro atoms. The van der Waals surface area contributed by atoms with E-state index in [2.05, 4.69) is 11.9 Å². The van der Waals surface area contributed by atoms with Gasteiger partial charge in [0.25, 0.3) is 0 Å². The summed E-state index contributed by atoms with van der Waals surface area (Å²) in [6.07, 6.45) is 1.47. The lowest BCUT2D eigenvalue weighted by atomic mass is 10.2. The monoisotopic (exact) mass is 265 g/mol. The van der Waals surface area contributed by atoms with Crippen LogP contribution in [0.3, 0.4) is 0 Å². The van der Waals surface area contributed by atoms with Crippen molar-refractivity contribution in [3.05, 3.63) is 42.5 Å². The molecule has 4 nitrogen and oxygen atoms in total. The van der Waals surface area contributed by atoms with Crippen molar-refractivity contribution in [2.24, 2.45) is 0 Å². The molecule has 0 saturated heterocycles. The maximum atomic E-state index is 5.61. The third-order valence-corrected chi connectivity index (χ3v) is 2.82. The molecule has 1 aromatic rings. The van der Waals surface area contributed by atoms with Crippen molar-refractivity contribution in [1.82, 2.24) is 5.32 Å². The molecule has 0 radical (unpaired) electrons. The highest BCUT2D eigenvalue weighted by molar-refractivity contribution is 5.33. The fraction of sp³-hybridized carbons (Fsp3) is 0.467. The number of methoxy groups -OCH3 is 2. The zero-order valence-corrected chi connectivity index (χ0v) is 11.9. The van der Waals surface area contributed by atoms with E-state index in [1.807, 2.05) is 31.2 Å². The summed E-state index contributed by atoms with van der Waals surface area (Å²) >= 11 is 0. The first-order chi connectivity index (χ1) is 9.22. The Bertz CT molecular complexity index is 377. The fourth-order valence-electron chi connectivity index (χ4n) is 1.81. The quantitative estimate of drug-likeness (QED) is 0.549. The molecule has 0 heterocycles. The van der Waals surface area contributed by atoms with Gasteiger partial charge in [0.2, 0.25) is 0 Å². The van der Waals surface area contributed by atoms with Crippen molar-refractivity contribution < 1.29 is 14.2 Å². The number of ether oxygens (including phenoxy) is 3. The highest BCUT2D eigenvalue weighted by atomic mass is 16.7. The molecule has 4 heteroatoms. The maximum Gasteiger partial charge on any atom is 0.171 e. The van der Waals surface area contributed by atoms with Gasteiger partial charge in [-0.15, -0.1) is 0 Å². The zero-order chi connectivity index (χ0) is 14.1. The third-order valence-electron chi connectivity index (χ3n) is 2.82. The summed E-state index contributed by atoms with van der Waals surface area (Å²) in [6.45, 7) is 6.87. The lowest BCUT2D eigenvalue weighted by Gasteiger charge is -2.22. The molecule has 1 rings (SSSR count). The summed E-state index contributed by atoms with van der Waals surface area (Å²) in [6, 6.07) is 8.02. The van der Waals surface area contributed by atoms with Crippen LogP contribution in [0.1, 0.15) is 12.5 Å². The molecule has 106 valence electrons. The first-order valence-electron chi connectivity index (χ1n) is 6.33. The highest BCUT2D eigenvalue weighted by Gasteiger charge is 2.15. The minimum absolute atomic E-state index is 0.0856. The molecule has 0 fully saturated rings. The number of rotatable bonds is 9. The average Bonchev–Trinajstić information content (AvgIpc) is 2.45. The van der Waals surface area contributed by atoms with Crippen LogP contribution in [0, 0.1) is 0 Å². The second kappa shape index (κ2) is 8.69. The van der Waals surface area contributed by atoms with Crippen LogP contribution in [0.25, 0.3) is 0 Å². The number of nitrogens with one attached hydrogen (secondary N) is 1. The Balaban J connectivity index is 2.59. The van der Waals surface area contributed by atoms with Crippen LogP contribution >= 0.6 is 0 Å². The predicted octanol–water partition coefficient (Wildman–Crippen LogP) is 2.35. The molecule has 19 heavy (non-hydrogen) atoms. The molecular formula is C15H23NO3. The second-order valence-electron chi connectivity index (χ2n) is 4.22. The molecule has 0 aliphatic rings. The summed E-state index contributed by atoms with van der Waals surface area (Å²) < 4.78 is 16.0. The molecule has 0 aromatic heterocycles. The molecule has 0 saturated carbocycles. The van der Waals surface area contributed by atoms with Crippen molar-refractivity contribution >= 4 is 0 Å². The van der Waals surface area contributed by atoms with E-state index in [1.54, 1.807) is 20.3 Å². The molecular weight excluding hydrogens is 242 g/mol. The Morgan fingerprint density at radius 3 is 2.58 bits per heavy atom. The Labute approximate surface area is 115 Å². The first kappa shape index (κ1) is 15.7. The Morgan fingerprint density at radius 2 is 1.95 bits per heavy atom. The van der Waals surface area contributed by atoms with Crippen LogP contribution in [0.5, 0.6) is 5.75 Å². The van der Waals surface area contributed by atoms with Crippen molar-refractivity contribution in [1.29, 1.82) is 0 Å². The van der Waals surface area contributed by atoms with Crippen LogP contribution in [-0.2, 0) is 16.0 Å². The minimum Gasteiger partial charge on any atom is -0.489 e. The summed E-state index contributed by atoms with van der Waals surface area (Å²) in [5.41, 5.74) is 1.10. The molecule has 0 aliphatic carbocycles. The molecule has 1 unspecified atom stereocenters. The van der Waals surface area contributed by atoms with Gasteiger partial charge in [0.15, 0.2) is 6.29 Å². The van der Waals surface area contributed by atoms with Crippen molar-refractivity contribution in [2.75, 3.05) is 20.8 Å². The van der Waals surface area contributed by atoms with Gasteiger partial charge in [-0.2, -0.15) is 0 Å². The smallest absolute Gasteiger partial charge is 0.171 e. The number of hydrogen-bond donors (Lipinski definition) is 1. The molecule has 0 bridgehead atoms. The first-order valence-corrected chi connectivity index (χ1v) is 6.33. The molecule has 1 aromatic carbocycles. The SMILES string of the molecule is C=CCOc1ccccc1CNC(C)C(OC)OC. The summed E-state index contributed by atoms with van der Waals surface area (Å²) in [7, 11) is 3.26. The Hall–Kier alpha value is -1.36. The van der Waals surface area contributed by atoms with Gasteiger partial charge in [0, 0.05) is 26.3 Å². The van der Waals surface area contributed by atoms with Gasteiger partial charge >= 0.3 is 0 Å². The van der Waals surface area contributed by atoms with Crippen LogP contribution < -0.4 is 10.1 Å². The van der Waals surface area contributed by atoms with Gasteiger partial charge in [0.1, 0.15) is 12.4 Å². The molecule has 1 N–H and O–H groups in total. The zero-order valence-electron chi connectivity index (χ0n) is 11.9. The molecule has 0 aliphatic heterocycles. The van der Waals surface area contributed by atoms with Gasteiger partial charge in [-0.05, 0) is 13.0 Å². The van der Waals surface area contributed by atoms with Crippen LogP contribution in [-0.4, -0.2) is 33.2 Å². The van der Waals surface area contributed by atoms with Gasteiger partial charge in [0.05, 0.1) is 6.04 Å². The van der Waals surface area contributed by atoms with E-state index in [-0.39, 0.29) is 12.3 Å². The highest BCUT2D eigenvalue weighted by Crippen LogP contribution is 2.18. The topological polar surface area (TPSA) is 39.7 Å². The Morgan fingerprint density at radius 1 is 1.26 bits per heavy atom. The normalized spacial score (nSPS) is 12.4. The van der Waals surface area contributed by atoms with Crippen molar-refractivity contribution in [3.63, 3.8) is 0 Å². The standard InChI is InChI=1S/C15H23NO3/c1-5-10-19-14-9-7-6-8-13(14)11-16-12(2)15(17-3)18-4/h5-9,12,15-16H,1,10-11H2,2-4H3. The second-order valence-corrected chi connectivity index (χ2v) is 4.22. The van der Waals surface area contributed by atoms with E-state index in [0.717, 1.165) is 11.3 Å². The van der Waals surface area contributed by atoms with E-state index < -0.39 is 0 Å². The Kier molecular flexibility index (Phi) is 7.18. The molecule has 0 amide bonds. The van der Waals surface area contributed by atoms with E-state index >= 15 is 0 Å². The van der Waals surface area contributed by atoms with Crippen LogP contribution in [0.15, 0.2) is 36.9 Å². The van der Waals surface area contributed by atoms with E-state index in [0.29, 0.717) is 13.2 Å². The third kappa shape index (κ3) is 5.03. The number of hydrogen-bond acceptors (Lipinski definition) is 4. The lowest BCUT2D eigenvalue weighted by Crippen LogP contribution is -2.39. The predicted molar refractivity (Wildman–Crippen MR) is 76.2 cm³/mol. The number of benzene rings is 1. The van der Waals surface area contributed by atoms with Gasteiger partial charge in [-0.1, -0.05) is 30.9 Å². The van der Waals surface area contributed by atoms with Gasteiger partial charge < -0.3 is 19.5 Å². The lowest BCUT2D eigenvalue weighted by molar-refractivity contribution is -0.119. The summed E-state index contributed by atoms with van der Waals surface area (Å²) in [5, 5.41) is 3.36. The van der Waals surface area contributed by atoms with Crippen molar-refractivity contribution in [2.45, 2.75) is 25.8 Å². The van der Waals surface area contributed by atoms with E-state index in [9.17, 15) is 0 Å². The number of para-hydroxylation sites is 1. The van der Waals surface area contributed by atoms with Gasteiger partial charge in [-0.25, -0.2) is 0 Å². The molecule has 1 atom stereocenters. The van der Waals surface area contributed by atoms with Crippen molar-refractivity contribution in [3.8, 4) is 5.75 Å². The van der Waals surface area contributed by atoms with Gasteiger partial charge in [-0.3, -0.25) is 0 Å². The summed E-state index contributed by atoms with van der Waals surface area (Å²) in [4.78, 5) is 0. The fourth-order valence-corrected chi connectivity index (χ4v) is 1.81. The van der Waals surface area contributed by atoms with E-state index in [4.69, 9.17) is 14.2 Å². The van der Waals surface area contributed by atoms with Crippen LogP contribution in [0.2, 0.25) is 0 Å². The van der Waals surface area contributed by atoms with Crippen LogP contribution in [0.4, 0.5) is 0 Å². The largest absolute Gasteiger partial charge is 0.489 e.